The number of nitrogens with two attached hydrogens (primary N) is 1. The maximum absolute atomic E-state index is 5.79. The van der Waals surface area contributed by atoms with E-state index < -0.39 is 0 Å². The lowest BCUT2D eigenvalue weighted by Crippen LogP contribution is -2.33. The molecule has 98 valence electrons. The first kappa shape index (κ1) is 12.2. The second-order valence-corrected chi connectivity index (χ2v) is 6.45. The molecule has 3 atom stereocenters. The van der Waals surface area contributed by atoms with E-state index in [1.54, 1.807) is 0 Å². The Balaban J connectivity index is 1.74. The van der Waals surface area contributed by atoms with E-state index >= 15 is 0 Å². The lowest BCUT2D eigenvalue weighted by Gasteiger charge is -2.24. The van der Waals surface area contributed by atoms with Gasteiger partial charge < -0.3 is 0 Å². The largest absolute Gasteiger partial charge is 0.271 e. The van der Waals surface area contributed by atoms with Crippen LogP contribution in [0.4, 0.5) is 0 Å². The highest BCUT2D eigenvalue weighted by atomic mass is 15.2. The summed E-state index contributed by atoms with van der Waals surface area (Å²) in [6, 6.07) is 9.35. The summed E-state index contributed by atoms with van der Waals surface area (Å²) < 4.78 is 0. The Kier molecular flexibility index (Phi) is 3.16. The molecule has 3 N–H and O–H groups in total. The molecule has 0 bridgehead atoms. The van der Waals surface area contributed by atoms with Crippen molar-refractivity contribution in [2.75, 3.05) is 0 Å². The van der Waals surface area contributed by atoms with Crippen LogP contribution in [-0.2, 0) is 0 Å². The van der Waals surface area contributed by atoms with Crippen molar-refractivity contribution in [1.82, 2.24) is 5.43 Å². The third-order valence-corrected chi connectivity index (χ3v) is 4.89. The molecular weight excluding hydrogens is 220 g/mol. The summed E-state index contributed by atoms with van der Waals surface area (Å²) in [5.74, 6) is 9.16. The molecule has 2 saturated carbocycles. The minimum Gasteiger partial charge on any atom is -0.271 e. The Labute approximate surface area is 110 Å². The first-order valence-electron chi connectivity index (χ1n) is 7.25. The normalized spacial score (nSPS) is 31.4. The van der Waals surface area contributed by atoms with Crippen molar-refractivity contribution in [2.24, 2.45) is 23.6 Å². The second kappa shape index (κ2) is 4.67. The fourth-order valence-corrected chi connectivity index (χ4v) is 3.63. The van der Waals surface area contributed by atoms with E-state index in [1.165, 1.54) is 30.4 Å². The van der Waals surface area contributed by atoms with Crippen LogP contribution in [-0.4, -0.2) is 0 Å². The first-order chi connectivity index (χ1) is 8.69. The Morgan fingerprint density at radius 1 is 1.00 bits per heavy atom. The minimum atomic E-state index is 0.346. The number of fused-ring (bicyclic) bond motifs is 1. The van der Waals surface area contributed by atoms with Gasteiger partial charge >= 0.3 is 0 Å². The quantitative estimate of drug-likeness (QED) is 0.629. The van der Waals surface area contributed by atoms with Gasteiger partial charge in [-0.25, -0.2) is 0 Å². The van der Waals surface area contributed by atoms with E-state index in [9.17, 15) is 0 Å². The molecule has 0 heterocycles. The molecule has 0 amide bonds. The van der Waals surface area contributed by atoms with Crippen molar-refractivity contribution in [3.05, 3.63) is 35.4 Å². The van der Waals surface area contributed by atoms with Crippen LogP contribution in [0.15, 0.2) is 24.3 Å². The number of hydrazine groups is 1. The van der Waals surface area contributed by atoms with Crippen LogP contribution in [0.25, 0.3) is 0 Å². The van der Waals surface area contributed by atoms with Crippen LogP contribution in [0.2, 0.25) is 0 Å². The Hall–Kier alpha value is -0.860. The zero-order chi connectivity index (χ0) is 12.7. The summed E-state index contributed by atoms with van der Waals surface area (Å²) in [5, 5.41) is 0. The van der Waals surface area contributed by atoms with Crippen LogP contribution in [0.1, 0.15) is 56.2 Å². The highest BCUT2D eigenvalue weighted by Crippen LogP contribution is 2.56. The Morgan fingerprint density at radius 2 is 1.56 bits per heavy atom. The Morgan fingerprint density at radius 3 is 2.06 bits per heavy atom. The monoisotopic (exact) mass is 244 g/mol. The number of benzene rings is 1. The number of hydrogen-bond donors (Lipinski definition) is 2. The van der Waals surface area contributed by atoms with Gasteiger partial charge in [-0.2, -0.15) is 0 Å². The van der Waals surface area contributed by atoms with Crippen LogP contribution < -0.4 is 11.3 Å². The van der Waals surface area contributed by atoms with E-state index in [-0.39, 0.29) is 0 Å². The zero-order valence-electron chi connectivity index (χ0n) is 11.4. The smallest absolute Gasteiger partial charge is 0.0488 e. The third kappa shape index (κ3) is 2.19. The molecule has 1 aromatic rings. The molecule has 3 rings (SSSR count). The predicted molar refractivity (Wildman–Crippen MR) is 74.9 cm³/mol. The van der Waals surface area contributed by atoms with Crippen molar-refractivity contribution >= 4 is 0 Å². The van der Waals surface area contributed by atoms with Gasteiger partial charge in [0.05, 0.1) is 0 Å². The van der Waals surface area contributed by atoms with E-state index in [0.29, 0.717) is 12.0 Å². The van der Waals surface area contributed by atoms with Gasteiger partial charge in [-0.15, -0.1) is 0 Å². The molecule has 2 aliphatic carbocycles. The van der Waals surface area contributed by atoms with Crippen molar-refractivity contribution in [1.29, 1.82) is 0 Å². The molecule has 2 nitrogen and oxygen atoms in total. The molecule has 2 heteroatoms. The van der Waals surface area contributed by atoms with E-state index in [1.807, 2.05) is 0 Å². The topological polar surface area (TPSA) is 38.0 Å². The summed E-state index contributed by atoms with van der Waals surface area (Å²) in [6.45, 7) is 4.47. The van der Waals surface area contributed by atoms with Crippen molar-refractivity contribution in [3.63, 3.8) is 0 Å². The van der Waals surface area contributed by atoms with Crippen molar-refractivity contribution in [3.8, 4) is 0 Å². The number of nitrogens with one attached hydrogen (secondary N) is 1. The molecule has 2 aliphatic rings. The van der Waals surface area contributed by atoms with Crippen LogP contribution >= 0.6 is 0 Å². The van der Waals surface area contributed by atoms with Crippen LogP contribution in [0.3, 0.4) is 0 Å². The van der Waals surface area contributed by atoms with Gasteiger partial charge in [-0.3, -0.25) is 11.3 Å². The van der Waals surface area contributed by atoms with E-state index in [0.717, 1.165) is 17.8 Å². The van der Waals surface area contributed by atoms with Gasteiger partial charge in [0.25, 0.3) is 0 Å². The van der Waals surface area contributed by atoms with Crippen LogP contribution in [0.5, 0.6) is 0 Å². The van der Waals surface area contributed by atoms with Crippen molar-refractivity contribution < 1.29 is 0 Å². The molecule has 2 fully saturated rings. The average molecular weight is 244 g/mol. The first-order valence-corrected chi connectivity index (χ1v) is 7.25. The van der Waals surface area contributed by atoms with Gasteiger partial charge in [0.1, 0.15) is 0 Å². The maximum Gasteiger partial charge on any atom is 0.0488 e. The molecule has 18 heavy (non-hydrogen) atoms. The standard InChI is InChI=1S/C16H24N2/c1-10(2)11-3-5-12(6-4-11)16(18-17)15-8-13-7-14(13)9-15/h3-6,10,13-16,18H,7-9,17H2,1-2H3. The number of hydrogen-bond acceptors (Lipinski definition) is 2. The molecule has 0 aliphatic heterocycles. The van der Waals surface area contributed by atoms with Gasteiger partial charge in [-0.05, 0) is 54.1 Å². The number of rotatable bonds is 4. The van der Waals surface area contributed by atoms with Gasteiger partial charge in [0, 0.05) is 6.04 Å². The summed E-state index contributed by atoms with van der Waals surface area (Å²) in [6.07, 6.45) is 4.21. The summed E-state index contributed by atoms with van der Waals surface area (Å²) >= 11 is 0. The van der Waals surface area contributed by atoms with E-state index in [2.05, 4.69) is 43.5 Å². The average Bonchev–Trinajstić information content (AvgIpc) is 2.98. The lowest BCUT2D eigenvalue weighted by atomic mass is 9.88. The molecule has 0 aromatic heterocycles. The Bertz CT molecular complexity index is 400. The second-order valence-electron chi connectivity index (χ2n) is 6.45. The molecule has 1 aromatic carbocycles. The molecule has 0 saturated heterocycles. The van der Waals surface area contributed by atoms with E-state index in [4.69, 9.17) is 5.84 Å². The fourth-order valence-electron chi connectivity index (χ4n) is 3.63. The SMILES string of the molecule is CC(C)c1ccc(C(NN)C2CC3CC3C2)cc1. The summed E-state index contributed by atoms with van der Waals surface area (Å²) in [4.78, 5) is 0. The molecule has 0 radical (unpaired) electrons. The van der Waals surface area contributed by atoms with Gasteiger partial charge in [0.15, 0.2) is 0 Å². The van der Waals surface area contributed by atoms with Crippen molar-refractivity contribution in [2.45, 2.75) is 45.1 Å². The van der Waals surface area contributed by atoms with Crippen LogP contribution in [0, 0.1) is 17.8 Å². The summed E-state index contributed by atoms with van der Waals surface area (Å²) in [7, 11) is 0. The lowest BCUT2D eigenvalue weighted by molar-refractivity contribution is 0.345. The maximum atomic E-state index is 5.79. The predicted octanol–water partition coefficient (Wildman–Crippen LogP) is 3.36. The third-order valence-electron chi connectivity index (χ3n) is 4.89. The highest BCUT2D eigenvalue weighted by Gasteiger charge is 2.47. The highest BCUT2D eigenvalue weighted by molar-refractivity contribution is 5.27. The molecular formula is C16H24N2. The fraction of sp³-hybridized carbons (Fsp3) is 0.625. The van der Waals surface area contributed by atoms with Gasteiger partial charge in [-0.1, -0.05) is 38.1 Å². The minimum absolute atomic E-state index is 0.346. The molecule has 0 spiro atoms. The summed E-state index contributed by atoms with van der Waals surface area (Å²) in [5.41, 5.74) is 5.81. The van der Waals surface area contributed by atoms with Gasteiger partial charge in [0.2, 0.25) is 0 Å². The molecule has 3 unspecified atom stereocenters. The zero-order valence-corrected chi connectivity index (χ0v) is 11.4.